The van der Waals surface area contributed by atoms with Gasteiger partial charge < -0.3 is 14.6 Å². The number of nitrogens with zero attached hydrogens (tertiary/aromatic N) is 1. The number of fused-ring (bicyclic) bond motifs is 1. The molecule has 0 radical (unpaired) electrons. The van der Waals surface area contributed by atoms with Gasteiger partial charge in [0.1, 0.15) is 5.69 Å². The van der Waals surface area contributed by atoms with Crippen LogP contribution in [0.25, 0.3) is 10.9 Å². The molecule has 5 heteroatoms. The van der Waals surface area contributed by atoms with Crippen LogP contribution in [0.3, 0.4) is 0 Å². The van der Waals surface area contributed by atoms with E-state index in [2.05, 4.69) is 4.98 Å². The summed E-state index contributed by atoms with van der Waals surface area (Å²) < 4.78 is 5.28. The average molecular weight is 286 g/mol. The van der Waals surface area contributed by atoms with Gasteiger partial charge in [0.2, 0.25) is 0 Å². The van der Waals surface area contributed by atoms with E-state index in [1.807, 2.05) is 24.3 Å². The molecule has 1 aliphatic rings. The number of rotatable bonds is 3. The summed E-state index contributed by atoms with van der Waals surface area (Å²) in [6.07, 6.45) is 1.30. The average Bonchev–Trinajstić information content (AvgIpc) is 3.15. The maximum absolute atomic E-state index is 12.1. The van der Waals surface area contributed by atoms with Crippen molar-refractivity contribution in [3.63, 3.8) is 0 Å². The number of aromatic nitrogens is 1. The van der Waals surface area contributed by atoms with Crippen molar-refractivity contribution in [1.29, 1.82) is 0 Å². The Balaban J connectivity index is 1.68. The number of H-pyrrole nitrogens is 1. The summed E-state index contributed by atoms with van der Waals surface area (Å²) in [5.74, 6) is -0.608. The van der Waals surface area contributed by atoms with Crippen LogP contribution in [0.1, 0.15) is 30.3 Å². The van der Waals surface area contributed by atoms with Crippen molar-refractivity contribution < 1.29 is 14.3 Å². The van der Waals surface area contributed by atoms with Crippen LogP contribution in [0.15, 0.2) is 30.3 Å². The van der Waals surface area contributed by atoms with E-state index in [1.165, 1.54) is 0 Å². The summed E-state index contributed by atoms with van der Waals surface area (Å²) in [6.45, 7) is 3.14. The SMILES string of the molecule is C[C@@H](OC(=O)c1cc2ccccc2[nH]1)C(=O)N1CCCC1. The molecule has 2 heterocycles. The number of benzene rings is 1. The Labute approximate surface area is 122 Å². The maximum Gasteiger partial charge on any atom is 0.355 e. The summed E-state index contributed by atoms with van der Waals surface area (Å²) in [4.78, 5) is 29.0. The van der Waals surface area contributed by atoms with Gasteiger partial charge in [-0.3, -0.25) is 4.79 Å². The highest BCUT2D eigenvalue weighted by Crippen LogP contribution is 2.16. The number of hydrogen-bond donors (Lipinski definition) is 1. The summed E-state index contributed by atoms with van der Waals surface area (Å²) in [5.41, 5.74) is 1.25. The van der Waals surface area contributed by atoms with Crippen LogP contribution in [-0.4, -0.2) is 41.0 Å². The Kier molecular flexibility index (Phi) is 3.64. The van der Waals surface area contributed by atoms with Gasteiger partial charge in [-0.2, -0.15) is 0 Å². The van der Waals surface area contributed by atoms with Crippen molar-refractivity contribution in [3.8, 4) is 0 Å². The topological polar surface area (TPSA) is 62.4 Å². The Bertz CT molecular complexity index is 638. The second-order valence-electron chi connectivity index (χ2n) is 5.35. The molecule has 0 bridgehead atoms. The van der Waals surface area contributed by atoms with Crippen molar-refractivity contribution in [2.45, 2.75) is 25.9 Å². The molecule has 1 N–H and O–H groups in total. The highest BCUT2D eigenvalue weighted by molar-refractivity contribution is 5.96. The van der Waals surface area contributed by atoms with Gasteiger partial charge >= 0.3 is 5.97 Å². The first kappa shape index (κ1) is 13.7. The van der Waals surface area contributed by atoms with E-state index >= 15 is 0 Å². The first-order valence-electron chi connectivity index (χ1n) is 7.22. The van der Waals surface area contributed by atoms with Gasteiger partial charge in [0.25, 0.3) is 5.91 Å². The number of para-hydroxylation sites is 1. The minimum Gasteiger partial charge on any atom is -0.448 e. The normalized spacial score (nSPS) is 16.1. The summed E-state index contributed by atoms with van der Waals surface area (Å²) in [6, 6.07) is 9.36. The zero-order chi connectivity index (χ0) is 14.8. The van der Waals surface area contributed by atoms with Crippen molar-refractivity contribution in [1.82, 2.24) is 9.88 Å². The van der Waals surface area contributed by atoms with Crippen molar-refractivity contribution in [3.05, 3.63) is 36.0 Å². The molecule has 1 amide bonds. The fourth-order valence-corrected chi connectivity index (χ4v) is 2.65. The van der Waals surface area contributed by atoms with E-state index < -0.39 is 12.1 Å². The summed E-state index contributed by atoms with van der Waals surface area (Å²) in [5, 5.41) is 0.947. The molecular weight excluding hydrogens is 268 g/mol. The largest absolute Gasteiger partial charge is 0.448 e. The zero-order valence-electron chi connectivity index (χ0n) is 12.0. The van der Waals surface area contributed by atoms with Crippen molar-refractivity contribution in [2.75, 3.05) is 13.1 Å². The Morgan fingerprint density at radius 1 is 1.24 bits per heavy atom. The molecule has 2 aromatic rings. The third-order valence-electron chi connectivity index (χ3n) is 3.80. The van der Waals surface area contributed by atoms with E-state index in [-0.39, 0.29) is 5.91 Å². The maximum atomic E-state index is 12.1. The predicted octanol–water partition coefficient (Wildman–Crippen LogP) is 2.34. The van der Waals surface area contributed by atoms with Crippen LogP contribution < -0.4 is 0 Å². The molecule has 110 valence electrons. The minimum absolute atomic E-state index is 0.114. The van der Waals surface area contributed by atoms with Gasteiger partial charge in [-0.05, 0) is 31.9 Å². The summed E-state index contributed by atoms with van der Waals surface area (Å²) in [7, 11) is 0. The Morgan fingerprint density at radius 2 is 1.95 bits per heavy atom. The van der Waals surface area contributed by atoms with Gasteiger partial charge in [0, 0.05) is 24.0 Å². The van der Waals surface area contributed by atoms with Crippen LogP contribution in [0.2, 0.25) is 0 Å². The number of ether oxygens (including phenoxy) is 1. The molecule has 0 unspecified atom stereocenters. The van der Waals surface area contributed by atoms with Gasteiger partial charge in [-0.15, -0.1) is 0 Å². The van der Waals surface area contributed by atoms with Gasteiger partial charge in [0.05, 0.1) is 0 Å². The number of hydrogen-bond acceptors (Lipinski definition) is 3. The van der Waals surface area contributed by atoms with E-state index in [1.54, 1.807) is 17.9 Å². The van der Waals surface area contributed by atoms with E-state index in [9.17, 15) is 9.59 Å². The fraction of sp³-hybridized carbons (Fsp3) is 0.375. The van der Waals surface area contributed by atoms with Crippen molar-refractivity contribution >= 4 is 22.8 Å². The second-order valence-corrected chi connectivity index (χ2v) is 5.35. The lowest BCUT2D eigenvalue weighted by Gasteiger charge is -2.20. The summed E-state index contributed by atoms with van der Waals surface area (Å²) >= 11 is 0. The molecule has 1 atom stereocenters. The molecule has 0 saturated carbocycles. The first-order chi connectivity index (χ1) is 10.1. The molecule has 0 spiro atoms. The number of likely N-dealkylation sites (tertiary alicyclic amines) is 1. The van der Waals surface area contributed by atoms with Crippen LogP contribution in [0, 0.1) is 0 Å². The molecule has 0 aliphatic carbocycles. The van der Waals surface area contributed by atoms with Gasteiger partial charge in [-0.25, -0.2) is 4.79 Å². The van der Waals surface area contributed by atoms with Crippen LogP contribution in [0.4, 0.5) is 0 Å². The number of nitrogens with one attached hydrogen (secondary N) is 1. The number of carbonyl (C=O) groups is 2. The molecule has 1 aliphatic heterocycles. The monoisotopic (exact) mass is 286 g/mol. The lowest BCUT2D eigenvalue weighted by atomic mass is 10.2. The Hall–Kier alpha value is -2.30. The van der Waals surface area contributed by atoms with Gasteiger partial charge in [0.15, 0.2) is 6.10 Å². The first-order valence-corrected chi connectivity index (χ1v) is 7.22. The number of esters is 1. The lowest BCUT2D eigenvalue weighted by molar-refractivity contribution is -0.138. The van der Waals surface area contributed by atoms with E-state index in [0.717, 1.165) is 36.8 Å². The van der Waals surface area contributed by atoms with Gasteiger partial charge in [-0.1, -0.05) is 18.2 Å². The second kappa shape index (κ2) is 5.60. The molecule has 21 heavy (non-hydrogen) atoms. The molecule has 5 nitrogen and oxygen atoms in total. The third-order valence-corrected chi connectivity index (χ3v) is 3.80. The molecule has 1 aromatic heterocycles. The van der Waals surface area contributed by atoms with Crippen LogP contribution >= 0.6 is 0 Å². The highest BCUT2D eigenvalue weighted by atomic mass is 16.5. The standard InChI is InChI=1S/C16H18N2O3/c1-11(15(19)18-8-4-5-9-18)21-16(20)14-10-12-6-2-3-7-13(12)17-14/h2-3,6-7,10-11,17H,4-5,8-9H2,1H3/t11-/m1/s1. The third kappa shape index (κ3) is 2.77. The molecule has 1 fully saturated rings. The molecule has 3 rings (SSSR count). The van der Waals surface area contributed by atoms with Crippen LogP contribution in [-0.2, 0) is 9.53 Å². The molecule has 1 saturated heterocycles. The lowest BCUT2D eigenvalue weighted by Crippen LogP contribution is -2.38. The van der Waals surface area contributed by atoms with Crippen LogP contribution in [0.5, 0.6) is 0 Å². The predicted molar refractivity (Wildman–Crippen MR) is 79.0 cm³/mol. The number of amides is 1. The quantitative estimate of drug-likeness (QED) is 0.881. The minimum atomic E-state index is -0.748. The molecule has 1 aromatic carbocycles. The van der Waals surface area contributed by atoms with E-state index in [4.69, 9.17) is 4.74 Å². The zero-order valence-corrected chi connectivity index (χ0v) is 12.0. The van der Waals surface area contributed by atoms with Crippen molar-refractivity contribution in [2.24, 2.45) is 0 Å². The highest BCUT2D eigenvalue weighted by Gasteiger charge is 2.26. The number of aromatic amines is 1. The smallest absolute Gasteiger partial charge is 0.355 e. The fourth-order valence-electron chi connectivity index (χ4n) is 2.65. The molecular formula is C16H18N2O3. The Morgan fingerprint density at radius 3 is 2.67 bits per heavy atom. The number of carbonyl (C=O) groups excluding carboxylic acids is 2. The van der Waals surface area contributed by atoms with E-state index in [0.29, 0.717) is 5.69 Å².